The number of hydrogen-bond donors (Lipinski definition) is 2. The van der Waals surface area contributed by atoms with Crippen LogP contribution in [0, 0.1) is 0 Å². The molecule has 1 unspecified atom stereocenters. The molecule has 1 aromatic heterocycles. The van der Waals surface area contributed by atoms with E-state index in [1.54, 1.807) is 0 Å². The Labute approximate surface area is 133 Å². The van der Waals surface area contributed by atoms with E-state index in [0.29, 0.717) is 17.8 Å². The Balaban J connectivity index is 2.03. The number of benzene rings is 1. The number of alkyl halides is 6. The second-order valence-electron chi connectivity index (χ2n) is 5.65. The van der Waals surface area contributed by atoms with Gasteiger partial charge in [-0.3, -0.25) is 5.10 Å². The molecule has 3 nitrogen and oxygen atoms in total. The van der Waals surface area contributed by atoms with Gasteiger partial charge in [-0.1, -0.05) is 0 Å². The van der Waals surface area contributed by atoms with Crippen molar-refractivity contribution in [2.45, 2.75) is 31.2 Å². The van der Waals surface area contributed by atoms with E-state index in [4.69, 9.17) is 0 Å². The second-order valence-corrected chi connectivity index (χ2v) is 5.65. The van der Waals surface area contributed by atoms with Gasteiger partial charge in [0.2, 0.25) is 0 Å². The monoisotopic (exact) mass is 349 g/mol. The molecule has 0 radical (unpaired) electrons. The summed E-state index contributed by atoms with van der Waals surface area (Å²) in [5.74, 6) is 0. The van der Waals surface area contributed by atoms with Crippen LogP contribution >= 0.6 is 0 Å². The number of H-pyrrole nitrogens is 1. The highest BCUT2D eigenvalue weighted by atomic mass is 19.4. The molecule has 2 N–H and O–H groups in total. The summed E-state index contributed by atoms with van der Waals surface area (Å²) in [7, 11) is 0. The highest BCUT2D eigenvalue weighted by molar-refractivity contribution is 5.62. The van der Waals surface area contributed by atoms with Crippen LogP contribution in [0.4, 0.5) is 26.3 Å². The molecule has 1 atom stereocenters. The number of aromatic amines is 1. The van der Waals surface area contributed by atoms with E-state index in [0.717, 1.165) is 19.4 Å². The molecule has 1 aromatic carbocycles. The van der Waals surface area contributed by atoms with Crippen molar-refractivity contribution in [3.05, 3.63) is 41.1 Å². The SMILES string of the molecule is FC(F)(F)c1cc(-c2cc(C3CCCN3)[nH]n2)cc(C(F)(F)F)c1. The molecule has 0 aliphatic carbocycles. The Morgan fingerprint density at radius 3 is 2.04 bits per heavy atom. The van der Waals surface area contributed by atoms with E-state index in [1.807, 2.05) is 0 Å². The summed E-state index contributed by atoms with van der Waals surface area (Å²) >= 11 is 0. The third-order valence-corrected chi connectivity index (χ3v) is 3.92. The van der Waals surface area contributed by atoms with Gasteiger partial charge in [0.05, 0.1) is 22.5 Å². The molecule has 1 fully saturated rings. The average Bonchev–Trinajstić information content (AvgIpc) is 3.16. The first-order valence-corrected chi connectivity index (χ1v) is 7.23. The van der Waals surface area contributed by atoms with Gasteiger partial charge in [0.25, 0.3) is 0 Å². The van der Waals surface area contributed by atoms with E-state index in [-0.39, 0.29) is 23.4 Å². The number of hydrogen-bond acceptors (Lipinski definition) is 2. The molecular weight excluding hydrogens is 336 g/mol. The van der Waals surface area contributed by atoms with Gasteiger partial charge in [0.15, 0.2) is 0 Å². The summed E-state index contributed by atoms with van der Waals surface area (Å²) in [4.78, 5) is 0. The zero-order valence-electron chi connectivity index (χ0n) is 12.2. The smallest absolute Gasteiger partial charge is 0.309 e. The Morgan fingerprint density at radius 1 is 0.917 bits per heavy atom. The maximum absolute atomic E-state index is 12.9. The first kappa shape index (κ1) is 16.8. The van der Waals surface area contributed by atoms with Gasteiger partial charge in [-0.05, 0) is 43.7 Å². The van der Waals surface area contributed by atoms with Crippen molar-refractivity contribution in [1.82, 2.24) is 15.5 Å². The fraction of sp³-hybridized carbons (Fsp3) is 0.400. The van der Waals surface area contributed by atoms with Crippen LogP contribution in [0.3, 0.4) is 0 Å². The summed E-state index contributed by atoms with van der Waals surface area (Å²) in [6, 6.07) is 2.93. The van der Waals surface area contributed by atoms with E-state index in [1.165, 1.54) is 6.07 Å². The van der Waals surface area contributed by atoms with Crippen LogP contribution in [-0.4, -0.2) is 16.7 Å². The van der Waals surface area contributed by atoms with E-state index in [9.17, 15) is 26.3 Å². The molecule has 3 rings (SSSR count). The third-order valence-electron chi connectivity index (χ3n) is 3.92. The molecule has 9 heteroatoms. The van der Waals surface area contributed by atoms with Crippen LogP contribution in [0.5, 0.6) is 0 Å². The quantitative estimate of drug-likeness (QED) is 0.782. The molecule has 0 spiro atoms. The lowest BCUT2D eigenvalue weighted by atomic mass is 10.0. The zero-order valence-corrected chi connectivity index (χ0v) is 12.2. The normalized spacial score (nSPS) is 19.0. The second kappa shape index (κ2) is 5.80. The largest absolute Gasteiger partial charge is 0.416 e. The molecule has 0 amide bonds. The van der Waals surface area contributed by atoms with Crippen molar-refractivity contribution in [3.63, 3.8) is 0 Å². The first-order valence-electron chi connectivity index (χ1n) is 7.23. The van der Waals surface area contributed by atoms with Gasteiger partial charge in [0, 0.05) is 11.6 Å². The van der Waals surface area contributed by atoms with Crippen molar-refractivity contribution in [2.75, 3.05) is 6.54 Å². The fourth-order valence-electron chi connectivity index (χ4n) is 2.72. The minimum absolute atomic E-state index is 0.0147. The summed E-state index contributed by atoms with van der Waals surface area (Å²) < 4.78 is 77.4. The van der Waals surface area contributed by atoms with Crippen molar-refractivity contribution < 1.29 is 26.3 Å². The number of nitrogens with one attached hydrogen (secondary N) is 2. The van der Waals surface area contributed by atoms with Crippen molar-refractivity contribution >= 4 is 0 Å². The van der Waals surface area contributed by atoms with Gasteiger partial charge >= 0.3 is 12.4 Å². The Hall–Kier alpha value is -2.03. The third kappa shape index (κ3) is 3.40. The highest BCUT2D eigenvalue weighted by Crippen LogP contribution is 2.38. The standard InChI is InChI=1S/C15H13F6N3/c16-14(17,18)9-4-8(5-10(6-9)15(19,20)21)12-7-13(24-23-12)11-2-1-3-22-11/h4-7,11,22H,1-3H2,(H,23,24). The van der Waals surface area contributed by atoms with Crippen LogP contribution in [0.15, 0.2) is 24.3 Å². The molecule has 2 aromatic rings. The number of aromatic nitrogens is 2. The van der Waals surface area contributed by atoms with Crippen LogP contribution < -0.4 is 5.32 Å². The number of rotatable bonds is 2. The van der Waals surface area contributed by atoms with Gasteiger partial charge in [-0.25, -0.2) is 0 Å². The van der Waals surface area contributed by atoms with E-state index >= 15 is 0 Å². The molecule has 1 aliphatic heterocycles. The lowest BCUT2D eigenvalue weighted by Gasteiger charge is -2.13. The van der Waals surface area contributed by atoms with Crippen molar-refractivity contribution in [1.29, 1.82) is 0 Å². The molecule has 0 bridgehead atoms. The molecular formula is C15H13F6N3. The molecule has 130 valence electrons. The van der Waals surface area contributed by atoms with Crippen LogP contribution in [0.1, 0.15) is 35.7 Å². The Bertz CT molecular complexity index is 693. The lowest BCUT2D eigenvalue weighted by Crippen LogP contribution is -2.12. The first-order chi connectivity index (χ1) is 11.1. The van der Waals surface area contributed by atoms with Gasteiger partial charge in [-0.2, -0.15) is 31.4 Å². The maximum atomic E-state index is 12.9. The molecule has 24 heavy (non-hydrogen) atoms. The fourth-order valence-corrected chi connectivity index (χ4v) is 2.72. The van der Waals surface area contributed by atoms with Crippen molar-refractivity contribution in [2.24, 2.45) is 0 Å². The molecule has 0 saturated carbocycles. The van der Waals surface area contributed by atoms with Gasteiger partial charge in [-0.15, -0.1) is 0 Å². The van der Waals surface area contributed by atoms with Gasteiger partial charge < -0.3 is 5.32 Å². The number of halogens is 6. The van der Waals surface area contributed by atoms with E-state index < -0.39 is 23.5 Å². The van der Waals surface area contributed by atoms with E-state index in [2.05, 4.69) is 15.5 Å². The van der Waals surface area contributed by atoms with Crippen LogP contribution in [0.25, 0.3) is 11.3 Å². The maximum Gasteiger partial charge on any atom is 0.416 e. The predicted octanol–water partition coefficient (Wildman–Crippen LogP) is 4.54. The Kier molecular flexibility index (Phi) is 4.06. The van der Waals surface area contributed by atoms with Gasteiger partial charge in [0.1, 0.15) is 0 Å². The Morgan fingerprint density at radius 2 is 1.54 bits per heavy atom. The highest BCUT2D eigenvalue weighted by Gasteiger charge is 2.37. The summed E-state index contributed by atoms with van der Waals surface area (Å²) in [6.45, 7) is 0.806. The summed E-state index contributed by atoms with van der Waals surface area (Å²) in [5.41, 5.74) is -2.23. The molecule has 2 heterocycles. The minimum Gasteiger partial charge on any atom is -0.309 e. The minimum atomic E-state index is -4.87. The topological polar surface area (TPSA) is 40.7 Å². The molecule has 1 aliphatic rings. The average molecular weight is 349 g/mol. The predicted molar refractivity (Wildman–Crippen MR) is 74.0 cm³/mol. The van der Waals surface area contributed by atoms with Crippen LogP contribution in [-0.2, 0) is 12.4 Å². The number of nitrogens with zero attached hydrogens (tertiary/aromatic N) is 1. The summed E-state index contributed by atoms with van der Waals surface area (Å²) in [5, 5.41) is 9.74. The lowest BCUT2D eigenvalue weighted by molar-refractivity contribution is -0.143. The molecule has 1 saturated heterocycles. The van der Waals surface area contributed by atoms with Crippen LogP contribution in [0.2, 0.25) is 0 Å². The van der Waals surface area contributed by atoms with Crippen molar-refractivity contribution in [3.8, 4) is 11.3 Å². The zero-order chi connectivity index (χ0) is 17.5. The summed E-state index contributed by atoms with van der Waals surface area (Å²) in [6.07, 6.45) is -7.97.